The highest BCUT2D eigenvalue weighted by Gasteiger charge is 2.10. The summed E-state index contributed by atoms with van der Waals surface area (Å²) in [5.74, 6) is 0.482. The molecular weight excluding hydrogens is 204 g/mol. The van der Waals surface area contributed by atoms with Crippen molar-refractivity contribution in [3.63, 3.8) is 0 Å². The Morgan fingerprint density at radius 1 is 1.25 bits per heavy atom. The highest BCUT2D eigenvalue weighted by Crippen LogP contribution is 2.24. The molecule has 0 aliphatic heterocycles. The summed E-state index contributed by atoms with van der Waals surface area (Å²) in [6.45, 7) is 1.96. The van der Waals surface area contributed by atoms with Crippen molar-refractivity contribution in [3.8, 4) is 11.5 Å². The number of aromatic nitrogens is 2. The minimum Gasteiger partial charge on any atom is -0.403 e. The maximum Gasteiger partial charge on any atom is 0.317 e. The predicted molar refractivity (Wildman–Crippen MR) is 63.2 cm³/mol. The van der Waals surface area contributed by atoms with Gasteiger partial charge in [0.05, 0.1) is 0 Å². The fourth-order valence-electron chi connectivity index (χ4n) is 1.29. The average Bonchev–Trinajstić information content (AvgIpc) is 2.71. The highest BCUT2D eigenvalue weighted by molar-refractivity contribution is 5.62. The first-order valence-electron chi connectivity index (χ1n) is 4.95. The molecule has 84 valence electrons. The summed E-state index contributed by atoms with van der Waals surface area (Å²) in [5, 5.41) is 7.88. The molecule has 0 spiro atoms. The van der Waals surface area contributed by atoms with Gasteiger partial charge in [0.1, 0.15) is 0 Å². The van der Waals surface area contributed by atoms with Gasteiger partial charge in [-0.05, 0) is 24.6 Å². The summed E-state index contributed by atoms with van der Waals surface area (Å²) in [6.07, 6.45) is 0. The number of benzene rings is 1. The summed E-state index contributed by atoms with van der Waals surface area (Å²) in [5.41, 5.74) is 8.42. The lowest BCUT2D eigenvalue weighted by Crippen LogP contribution is -2.08. The zero-order valence-electron chi connectivity index (χ0n) is 9.56. The van der Waals surface area contributed by atoms with Gasteiger partial charge in [0.25, 0.3) is 0 Å². The number of hydrogen-bond acceptors (Lipinski definition) is 5. The molecule has 0 unspecified atom stereocenters. The zero-order chi connectivity index (χ0) is 11.7. The molecule has 0 amide bonds. The Morgan fingerprint density at radius 3 is 2.56 bits per heavy atom. The third-order valence-corrected chi connectivity index (χ3v) is 2.32. The summed E-state index contributed by atoms with van der Waals surface area (Å²) in [7, 11) is 3.70. The predicted octanol–water partition coefficient (Wildman–Crippen LogP) is 1.69. The van der Waals surface area contributed by atoms with Crippen molar-refractivity contribution in [2.24, 2.45) is 0 Å². The molecule has 0 saturated heterocycles. The van der Waals surface area contributed by atoms with Gasteiger partial charge in [-0.3, -0.25) is 0 Å². The fraction of sp³-hybridized carbons (Fsp3) is 0.273. The molecule has 2 N–H and O–H groups in total. The van der Waals surface area contributed by atoms with Gasteiger partial charge < -0.3 is 15.1 Å². The minimum atomic E-state index is 0.481. The second kappa shape index (κ2) is 3.84. The molecule has 0 fully saturated rings. The van der Waals surface area contributed by atoms with E-state index in [1.807, 2.05) is 39.2 Å². The van der Waals surface area contributed by atoms with Crippen molar-refractivity contribution < 1.29 is 4.42 Å². The maximum absolute atomic E-state index is 5.82. The van der Waals surface area contributed by atoms with Crippen LogP contribution in [0.2, 0.25) is 0 Å². The minimum absolute atomic E-state index is 0.481. The third kappa shape index (κ3) is 1.84. The summed E-state index contributed by atoms with van der Waals surface area (Å²) < 4.78 is 5.47. The van der Waals surface area contributed by atoms with Crippen molar-refractivity contribution in [2.75, 3.05) is 24.7 Å². The van der Waals surface area contributed by atoms with Gasteiger partial charge in [-0.15, -0.1) is 5.10 Å². The van der Waals surface area contributed by atoms with Crippen LogP contribution >= 0.6 is 0 Å². The number of anilines is 2. The van der Waals surface area contributed by atoms with Crippen LogP contribution in [0.25, 0.3) is 11.5 Å². The normalized spacial score (nSPS) is 10.4. The van der Waals surface area contributed by atoms with E-state index in [4.69, 9.17) is 10.2 Å². The molecule has 5 heteroatoms. The van der Waals surface area contributed by atoms with Gasteiger partial charge in [0.2, 0.25) is 5.89 Å². The molecular formula is C11H14N4O. The van der Waals surface area contributed by atoms with E-state index >= 15 is 0 Å². The lowest BCUT2D eigenvalue weighted by molar-refractivity contribution is 0.566. The monoisotopic (exact) mass is 218 g/mol. The molecule has 16 heavy (non-hydrogen) atoms. The van der Waals surface area contributed by atoms with Gasteiger partial charge in [-0.25, -0.2) is 0 Å². The molecule has 2 rings (SSSR count). The Balaban J connectivity index is 2.39. The topological polar surface area (TPSA) is 68.2 Å². The third-order valence-electron chi connectivity index (χ3n) is 2.32. The van der Waals surface area contributed by atoms with E-state index in [-0.39, 0.29) is 0 Å². The van der Waals surface area contributed by atoms with E-state index in [0.717, 1.165) is 16.8 Å². The Kier molecular flexibility index (Phi) is 2.52. The van der Waals surface area contributed by atoms with Crippen molar-refractivity contribution in [1.29, 1.82) is 0 Å². The molecule has 5 nitrogen and oxygen atoms in total. The van der Waals surface area contributed by atoms with Crippen molar-refractivity contribution in [3.05, 3.63) is 23.8 Å². The van der Waals surface area contributed by atoms with Gasteiger partial charge >= 0.3 is 6.01 Å². The Labute approximate surface area is 93.9 Å². The maximum atomic E-state index is 5.82. The van der Waals surface area contributed by atoms with Crippen LogP contribution in [0.5, 0.6) is 0 Å². The van der Waals surface area contributed by atoms with E-state index in [0.29, 0.717) is 11.9 Å². The van der Waals surface area contributed by atoms with Crippen LogP contribution in [0.1, 0.15) is 5.56 Å². The Morgan fingerprint density at radius 2 is 2.00 bits per heavy atom. The number of rotatable bonds is 2. The molecule has 1 aromatic heterocycles. The molecule has 2 aromatic rings. The zero-order valence-corrected chi connectivity index (χ0v) is 9.56. The van der Waals surface area contributed by atoms with E-state index in [1.165, 1.54) is 0 Å². The number of nitrogen functional groups attached to an aromatic ring is 1. The summed E-state index contributed by atoms with van der Waals surface area (Å²) >= 11 is 0. The summed E-state index contributed by atoms with van der Waals surface area (Å²) in [6, 6.07) is 6.17. The van der Waals surface area contributed by atoms with Crippen LogP contribution in [0.15, 0.2) is 22.6 Å². The molecule has 0 saturated carbocycles. The number of aryl methyl sites for hydroxylation is 1. The second-order valence-corrected chi connectivity index (χ2v) is 3.86. The standard InChI is InChI=1S/C11H14N4O/c1-7-4-5-8(6-9(7)12)10-13-14-11(16-10)15(2)3/h4-6H,12H2,1-3H3. The van der Waals surface area contributed by atoms with Crippen LogP contribution in [0.4, 0.5) is 11.7 Å². The number of hydrogen-bond donors (Lipinski definition) is 1. The number of nitrogens with zero attached hydrogens (tertiary/aromatic N) is 3. The molecule has 0 radical (unpaired) electrons. The van der Waals surface area contributed by atoms with E-state index in [9.17, 15) is 0 Å². The lowest BCUT2D eigenvalue weighted by Gasteiger charge is -2.03. The van der Waals surface area contributed by atoms with E-state index < -0.39 is 0 Å². The first-order valence-corrected chi connectivity index (χ1v) is 4.95. The van der Waals surface area contributed by atoms with Gasteiger partial charge in [-0.2, -0.15) is 0 Å². The second-order valence-electron chi connectivity index (χ2n) is 3.86. The van der Waals surface area contributed by atoms with Crippen molar-refractivity contribution in [2.45, 2.75) is 6.92 Å². The molecule has 0 atom stereocenters. The van der Waals surface area contributed by atoms with Gasteiger partial charge in [0.15, 0.2) is 0 Å². The Hall–Kier alpha value is -2.04. The lowest BCUT2D eigenvalue weighted by atomic mass is 10.1. The largest absolute Gasteiger partial charge is 0.403 e. The molecule has 0 bridgehead atoms. The first kappa shape index (κ1) is 10.5. The number of nitrogens with two attached hydrogens (primary N) is 1. The van der Waals surface area contributed by atoms with Crippen molar-refractivity contribution >= 4 is 11.7 Å². The van der Waals surface area contributed by atoms with Crippen molar-refractivity contribution in [1.82, 2.24) is 10.2 Å². The SMILES string of the molecule is Cc1ccc(-c2nnc(N(C)C)o2)cc1N. The van der Waals surface area contributed by atoms with Crippen LogP contribution in [0, 0.1) is 6.92 Å². The van der Waals surface area contributed by atoms with E-state index in [1.54, 1.807) is 4.90 Å². The Bertz CT molecular complexity index is 504. The van der Waals surface area contributed by atoms with E-state index in [2.05, 4.69) is 10.2 Å². The van der Waals surface area contributed by atoms with Gasteiger partial charge in [-0.1, -0.05) is 11.2 Å². The van der Waals surface area contributed by atoms with Crippen LogP contribution in [-0.2, 0) is 0 Å². The van der Waals surface area contributed by atoms with Crippen LogP contribution < -0.4 is 10.6 Å². The highest BCUT2D eigenvalue weighted by atomic mass is 16.4. The van der Waals surface area contributed by atoms with Crippen LogP contribution in [0.3, 0.4) is 0 Å². The average molecular weight is 218 g/mol. The smallest absolute Gasteiger partial charge is 0.317 e. The molecule has 1 heterocycles. The van der Waals surface area contributed by atoms with Crippen LogP contribution in [-0.4, -0.2) is 24.3 Å². The quantitative estimate of drug-likeness (QED) is 0.777. The molecule has 0 aliphatic carbocycles. The fourth-order valence-corrected chi connectivity index (χ4v) is 1.29. The summed E-state index contributed by atoms with van der Waals surface area (Å²) in [4.78, 5) is 1.76. The first-order chi connectivity index (χ1) is 7.58. The molecule has 0 aliphatic rings. The molecule has 1 aromatic carbocycles. The van der Waals surface area contributed by atoms with Gasteiger partial charge in [0, 0.05) is 25.3 Å².